The number of rotatable bonds is 2. The van der Waals surface area contributed by atoms with Crippen LogP contribution in [0.2, 0.25) is 4.34 Å². The topological polar surface area (TPSA) is 46.9 Å². The Bertz CT molecular complexity index is 577. The SMILES string of the molecule is O=C(N[C@@H]1CCn2nccc2C1)c1ccc(Cl)s1. The highest BCUT2D eigenvalue weighted by atomic mass is 35.5. The number of carbonyl (C=O) groups is 1. The maximum absolute atomic E-state index is 12.0. The largest absolute Gasteiger partial charge is 0.348 e. The minimum Gasteiger partial charge on any atom is -0.348 e. The minimum atomic E-state index is -0.0372. The third-order valence-electron chi connectivity index (χ3n) is 3.08. The Kier molecular flexibility index (Phi) is 3.09. The van der Waals surface area contributed by atoms with Gasteiger partial charge >= 0.3 is 0 Å². The summed E-state index contributed by atoms with van der Waals surface area (Å²) >= 11 is 7.13. The van der Waals surface area contributed by atoms with Gasteiger partial charge in [-0.15, -0.1) is 11.3 Å². The molecule has 0 saturated heterocycles. The van der Waals surface area contributed by atoms with Crippen molar-refractivity contribution in [3.8, 4) is 0 Å². The number of amides is 1. The summed E-state index contributed by atoms with van der Waals surface area (Å²) in [5.74, 6) is -0.0372. The molecule has 0 radical (unpaired) electrons. The molecule has 1 amide bonds. The normalized spacial score (nSPS) is 18.4. The van der Waals surface area contributed by atoms with Crippen LogP contribution < -0.4 is 5.32 Å². The third kappa shape index (κ3) is 2.28. The number of halogens is 1. The van der Waals surface area contributed by atoms with Crippen LogP contribution in [0.25, 0.3) is 0 Å². The van der Waals surface area contributed by atoms with Crippen molar-refractivity contribution in [3.63, 3.8) is 0 Å². The second-order valence-electron chi connectivity index (χ2n) is 4.31. The summed E-state index contributed by atoms with van der Waals surface area (Å²) in [5.41, 5.74) is 1.18. The van der Waals surface area contributed by atoms with E-state index in [0.29, 0.717) is 9.21 Å². The van der Waals surface area contributed by atoms with Crippen molar-refractivity contribution >= 4 is 28.8 Å². The Balaban J connectivity index is 1.66. The van der Waals surface area contributed by atoms with Gasteiger partial charge in [0, 0.05) is 30.9 Å². The zero-order valence-electron chi connectivity index (χ0n) is 9.60. The molecule has 3 heterocycles. The number of nitrogens with zero attached hydrogens (tertiary/aromatic N) is 2. The van der Waals surface area contributed by atoms with E-state index in [2.05, 4.69) is 10.4 Å². The lowest BCUT2D eigenvalue weighted by atomic mass is 10.0. The van der Waals surface area contributed by atoms with Gasteiger partial charge in [0.2, 0.25) is 0 Å². The van der Waals surface area contributed by atoms with Crippen LogP contribution in [0.5, 0.6) is 0 Å². The van der Waals surface area contributed by atoms with E-state index in [1.807, 2.05) is 10.7 Å². The van der Waals surface area contributed by atoms with Gasteiger partial charge in [0.05, 0.1) is 9.21 Å². The van der Waals surface area contributed by atoms with E-state index in [9.17, 15) is 4.79 Å². The Morgan fingerprint density at radius 2 is 2.39 bits per heavy atom. The first-order valence-corrected chi connectivity index (χ1v) is 6.99. The van der Waals surface area contributed by atoms with Gasteiger partial charge in [0.1, 0.15) is 0 Å². The number of carbonyl (C=O) groups excluding carboxylic acids is 1. The lowest BCUT2D eigenvalue weighted by Crippen LogP contribution is -2.39. The lowest BCUT2D eigenvalue weighted by molar-refractivity contribution is 0.0934. The average molecular weight is 282 g/mol. The summed E-state index contributed by atoms with van der Waals surface area (Å²) in [5, 5.41) is 7.27. The Morgan fingerprint density at radius 1 is 1.50 bits per heavy atom. The van der Waals surface area contributed by atoms with Crippen LogP contribution in [0.4, 0.5) is 0 Å². The molecule has 0 saturated carbocycles. The monoisotopic (exact) mass is 281 g/mol. The number of hydrogen-bond acceptors (Lipinski definition) is 3. The maximum Gasteiger partial charge on any atom is 0.261 e. The minimum absolute atomic E-state index is 0.0372. The molecule has 1 aliphatic rings. The van der Waals surface area contributed by atoms with Crippen LogP contribution in [-0.4, -0.2) is 21.7 Å². The molecule has 0 spiro atoms. The molecule has 0 aliphatic carbocycles. The highest BCUT2D eigenvalue weighted by Gasteiger charge is 2.21. The fourth-order valence-electron chi connectivity index (χ4n) is 2.18. The van der Waals surface area contributed by atoms with Crippen LogP contribution in [0, 0.1) is 0 Å². The van der Waals surface area contributed by atoms with Crippen molar-refractivity contribution in [1.29, 1.82) is 0 Å². The van der Waals surface area contributed by atoms with E-state index < -0.39 is 0 Å². The quantitative estimate of drug-likeness (QED) is 0.918. The van der Waals surface area contributed by atoms with Crippen molar-refractivity contribution in [2.24, 2.45) is 0 Å². The highest BCUT2D eigenvalue weighted by molar-refractivity contribution is 7.17. The molecule has 2 aromatic rings. The van der Waals surface area contributed by atoms with Gasteiger partial charge < -0.3 is 5.32 Å². The van der Waals surface area contributed by atoms with Crippen LogP contribution in [0.3, 0.4) is 0 Å². The Morgan fingerprint density at radius 3 is 3.17 bits per heavy atom. The van der Waals surface area contributed by atoms with Crippen molar-refractivity contribution in [3.05, 3.63) is 39.3 Å². The Labute approximate surface area is 114 Å². The van der Waals surface area contributed by atoms with Gasteiger partial charge in [-0.05, 0) is 24.6 Å². The predicted molar refractivity (Wildman–Crippen MR) is 71.1 cm³/mol. The maximum atomic E-state index is 12.0. The number of fused-ring (bicyclic) bond motifs is 1. The summed E-state index contributed by atoms with van der Waals surface area (Å²) in [7, 11) is 0. The van der Waals surface area contributed by atoms with Crippen molar-refractivity contribution in [2.75, 3.05) is 0 Å². The molecule has 6 heteroatoms. The van der Waals surface area contributed by atoms with Crippen LogP contribution >= 0.6 is 22.9 Å². The first kappa shape index (κ1) is 11.7. The summed E-state index contributed by atoms with van der Waals surface area (Å²) in [6.07, 6.45) is 3.56. The molecular formula is C12H12ClN3OS. The highest BCUT2D eigenvalue weighted by Crippen LogP contribution is 2.22. The molecule has 3 rings (SSSR count). The van der Waals surface area contributed by atoms with Crippen molar-refractivity contribution in [1.82, 2.24) is 15.1 Å². The molecule has 18 heavy (non-hydrogen) atoms. The van der Waals surface area contributed by atoms with Crippen LogP contribution in [0.1, 0.15) is 21.8 Å². The standard InChI is InChI=1S/C12H12ClN3OS/c13-11-2-1-10(18-11)12(17)15-8-4-6-16-9(7-8)3-5-14-16/h1-3,5,8H,4,6-7H2,(H,15,17)/t8-/m1/s1. The molecule has 94 valence electrons. The van der Waals surface area contributed by atoms with Gasteiger partial charge in [0.25, 0.3) is 5.91 Å². The number of thiophene rings is 1. The zero-order chi connectivity index (χ0) is 12.5. The van der Waals surface area contributed by atoms with Gasteiger partial charge in [-0.2, -0.15) is 5.10 Å². The van der Waals surface area contributed by atoms with Crippen LogP contribution in [0.15, 0.2) is 24.4 Å². The van der Waals surface area contributed by atoms with Gasteiger partial charge in [-0.25, -0.2) is 0 Å². The fraction of sp³-hybridized carbons (Fsp3) is 0.333. The van der Waals surface area contributed by atoms with Gasteiger partial charge in [0.15, 0.2) is 0 Å². The summed E-state index contributed by atoms with van der Waals surface area (Å²) in [6, 6.07) is 5.69. The molecule has 0 bridgehead atoms. The summed E-state index contributed by atoms with van der Waals surface area (Å²) in [4.78, 5) is 12.7. The smallest absolute Gasteiger partial charge is 0.261 e. The summed E-state index contributed by atoms with van der Waals surface area (Å²) < 4.78 is 2.63. The number of aromatic nitrogens is 2. The van der Waals surface area contributed by atoms with E-state index in [1.54, 1.807) is 18.3 Å². The molecule has 1 atom stereocenters. The van der Waals surface area contributed by atoms with E-state index in [1.165, 1.54) is 17.0 Å². The Hall–Kier alpha value is -1.33. The average Bonchev–Trinajstić information content (AvgIpc) is 2.96. The van der Waals surface area contributed by atoms with E-state index in [-0.39, 0.29) is 11.9 Å². The number of nitrogens with one attached hydrogen (secondary N) is 1. The number of aryl methyl sites for hydroxylation is 1. The van der Waals surface area contributed by atoms with Crippen molar-refractivity contribution < 1.29 is 4.79 Å². The number of hydrogen-bond donors (Lipinski definition) is 1. The first-order chi connectivity index (χ1) is 8.72. The summed E-state index contributed by atoms with van der Waals surface area (Å²) in [6.45, 7) is 0.860. The molecule has 1 N–H and O–H groups in total. The van der Waals surface area contributed by atoms with Crippen molar-refractivity contribution in [2.45, 2.75) is 25.4 Å². The van der Waals surface area contributed by atoms with Gasteiger partial charge in [-0.3, -0.25) is 9.48 Å². The molecule has 1 aliphatic heterocycles. The van der Waals surface area contributed by atoms with E-state index >= 15 is 0 Å². The van der Waals surface area contributed by atoms with Gasteiger partial charge in [-0.1, -0.05) is 11.6 Å². The molecule has 4 nitrogen and oxygen atoms in total. The molecule has 0 unspecified atom stereocenters. The zero-order valence-corrected chi connectivity index (χ0v) is 11.2. The first-order valence-electron chi connectivity index (χ1n) is 5.79. The van der Waals surface area contributed by atoms with Crippen LogP contribution in [-0.2, 0) is 13.0 Å². The predicted octanol–water partition coefficient (Wildman–Crippen LogP) is 2.34. The lowest BCUT2D eigenvalue weighted by Gasteiger charge is -2.24. The second kappa shape index (κ2) is 4.74. The fourth-order valence-corrected chi connectivity index (χ4v) is 3.13. The molecule has 0 aromatic carbocycles. The molecule has 2 aromatic heterocycles. The van der Waals surface area contributed by atoms with E-state index in [0.717, 1.165) is 19.4 Å². The third-order valence-corrected chi connectivity index (χ3v) is 4.31. The second-order valence-corrected chi connectivity index (χ2v) is 6.03. The molecular weight excluding hydrogens is 270 g/mol. The van der Waals surface area contributed by atoms with E-state index in [4.69, 9.17) is 11.6 Å². The molecule has 0 fully saturated rings.